The van der Waals surface area contributed by atoms with Gasteiger partial charge in [0.2, 0.25) is 5.58 Å². The molecule has 0 aliphatic rings. The lowest BCUT2D eigenvalue weighted by molar-refractivity contribution is 0.458. The molecule has 0 amide bonds. The number of benzene rings is 1. The van der Waals surface area contributed by atoms with Gasteiger partial charge in [-0.3, -0.25) is 0 Å². The van der Waals surface area contributed by atoms with Crippen LogP contribution < -0.4 is 5.32 Å². The molecule has 4 aromatic rings. The van der Waals surface area contributed by atoms with Gasteiger partial charge in [-0.1, -0.05) is 28.9 Å². The zero-order chi connectivity index (χ0) is 16.5. The molecule has 1 aromatic carbocycles. The number of furan rings is 1. The summed E-state index contributed by atoms with van der Waals surface area (Å²) in [5.41, 5.74) is 2.68. The van der Waals surface area contributed by atoms with Crippen molar-refractivity contribution in [2.75, 3.05) is 5.32 Å². The first-order valence-corrected chi connectivity index (χ1v) is 7.74. The zero-order valence-corrected chi connectivity index (χ0v) is 13.5. The number of anilines is 1. The highest BCUT2D eigenvalue weighted by Gasteiger charge is 2.16. The van der Waals surface area contributed by atoms with Crippen molar-refractivity contribution in [1.29, 1.82) is 0 Å². The molecule has 0 unspecified atom stereocenters. The van der Waals surface area contributed by atoms with Crippen molar-refractivity contribution >= 4 is 28.5 Å². The lowest BCUT2D eigenvalue weighted by atomic mass is 10.1. The Balaban J connectivity index is 1.67. The molecule has 0 aliphatic heterocycles. The first-order valence-electron chi connectivity index (χ1n) is 7.36. The van der Waals surface area contributed by atoms with Crippen molar-refractivity contribution in [3.05, 3.63) is 59.3 Å². The Labute approximate surface area is 142 Å². The minimum absolute atomic E-state index is 0.497. The number of rotatable bonds is 4. The lowest BCUT2D eigenvalue weighted by Gasteiger charge is -2.03. The number of aryl methyl sites for hydroxylation is 1. The summed E-state index contributed by atoms with van der Waals surface area (Å²) in [6, 6.07) is 11.2. The smallest absolute Gasteiger partial charge is 0.228 e. The third kappa shape index (κ3) is 2.72. The Morgan fingerprint density at radius 3 is 2.67 bits per heavy atom. The van der Waals surface area contributed by atoms with E-state index in [0.717, 1.165) is 17.1 Å². The second-order valence-electron chi connectivity index (χ2n) is 5.30. The van der Waals surface area contributed by atoms with E-state index in [9.17, 15) is 0 Å². The highest BCUT2D eigenvalue weighted by molar-refractivity contribution is 6.30. The van der Waals surface area contributed by atoms with Crippen molar-refractivity contribution < 1.29 is 8.94 Å². The molecule has 0 aliphatic carbocycles. The molecule has 0 saturated heterocycles. The van der Waals surface area contributed by atoms with Crippen LogP contribution in [0.5, 0.6) is 0 Å². The Kier molecular flexibility index (Phi) is 3.66. The summed E-state index contributed by atoms with van der Waals surface area (Å²) in [4.78, 5) is 8.53. The SMILES string of the molecule is Cc1ccc(CNc2ncnc3c(-c4ccc(Cl)cc4)noc23)o1. The number of nitrogens with one attached hydrogen (secondary N) is 1. The largest absolute Gasteiger partial charge is 0.465 e. The molecule has 120 valence electrons. The quantitative estimate of drug-likeness (QED) is 0.591. The highest BCUT2D eigenvalue weighted by atomic mass is 35.5. The van der Waals surface area contributed by atoms with Gasteiger partial charge in [0.15, 0.2) is 5.82 Å². The van der Waals surface area contributed by atoms with Crippen LogP contribution in [0, 0.1) is 6.92 Å². The van der Waals surface area contributed by atoms with Crippen LogP contribution in [0.2, 0.25) is 5.02 Å². The van der Waals surface area contributed by atoms with Gasteiger partial charge in [0.25, 0.3) is 0 Å². The van der Waals surface area contributed by atoms with E-state index in [2.05, 4.69) is 20.4 Å². The normalized spacial score (nSPS) is 11.1. The van der Waals surface area contributed by atoms with Gasteiger partial charge in [0.1, 0.15) is 29.1 Å². The fourth-order valence-corrected chi connectivity index (χ4v) is 2.56. The van der Waals surface area contributed by atoms with Crippen LogP contribution in [0.1, 0.15) is 11.5 Å². The van der Waals surface area contributed by atoms with Crippen LogP contribution in [0.3, 0.4) is 0 Å². The van der Waals surface area contributed by atoms with E-state index >= 15 is 0 Å². The Bertz CT molecular complexity index is 991. The molecule has 3 heterocycles. The number of fused-ring (bicyclic) bond motifs is 1. The van der Waals surface area contributed by atoms with Gasteiger partial charge in [0, 0.05) is 10.6 Å². The second kappa shape index (κ2) is 5.98. The average molecular weight is 341 g/mol. The van der Waals surface area contributed by atoms with Crippen molar-refractivity contribution in [3.63, 3.8) is 0 Å². The number of hydrogen-bond acceptors (Lipinski definition) is 6. The predicted octanol–water partition coefficient (Wildman–Crippen LogP) is 4.45. The van der Waals surface area contributed by atoms with Crippen LogP contribution in [-0.2, 0) is 6.54 Å². The van der Waals surface area contributed by atoms with Crippen molar-refractivity contribution in [2.24, 2.45) is 0 Å². The van der Waals surface area contributed by atoms with Crippen LogP contribution in [0.25, 0.3) is 22.4 Å². The van der Waals surface area contributed by atoms with Gasteiger partial charge in [-0.05, 0) is 31.2 Å². The van der Waals surface area contributed by atoms with Crippen LogP contribution in [0.4, 0.5) is 5.82 Å². The summed E-state index contributed by atoms with van der Waals surface area (Å²) in [5, 5.41) is 7.99. The van der Waals surface area contributed by atoms with Gasteiger partial charge in [-0.2, -0.15) is 0 Å². The summed E-state index contributed by atoms with van der Waals surface area (Å²) in [7, 11) is 0. The Morgan fingerprint density at radius 2 is 1.92 bits per heavy atom. The molecule has 0 saturated carbocycles. The third-order valence-corrected chi connectivity index (χ3v) is 3.85. The zero-order valence-electron chi connectivity index (χ0n) is 12.8. The molecule has 0 bridgehead atoms. The van der Waals surface area contributed by atoms with Crippen LogP contribution >= 0.6 is 11.6 Å². The van der Waals surface area contributed by atoms with Gasteiger partial charge in [-0.25, -0.2) is 9.97 Å². The monoisotopic (exact) mass is 340 g/mol. The van der Waals surface area contributed by atoms with E-state index in [0.29, 0.717) is 34.2 Å². The average Bonchev–Trinajstić information content (AvgIpc) is 3.20. The van der Waals surface area contributed by atoms with Crippen LogP contribution in [0.15, 0.2) is 51.7 Å². The fraction of sp³-hybridized carbons (Fsp3) is 0.118. The summed E-state index contributed by atoms with van der Waals surface area (Å²) in [5.74, 6) is 2.25. The third-order valence-electron chi connectivity index (χ3n) is 3.60. The van der Waals surface area contributed by atoms with E-state index in [1.165, 1.54) is 6.33 Å². The topological polar surface area (TPSA) is 77.0 Å². The van der Waals surface area contributed by atoms with Gasteiger partial charge >= 0.3 is 0 Å². The van der Waals surface area contributed by atoms with E-state index < -0.39 is 0 Å². The molecule has 7 heteroatoms. The molecular formula is C17H13ClN4O2. The molecule has 1 N–H and O–H groups in total. The van der Waals surface area contributed by atoms with Crippen molar-refractivity contribution in [1.82, 2.24) is 15.1 Å². The number of aromatic nitrogens is 3. The first kappa shape index (κ1) is 14.7. The molecule has 0 fully saturated rings. The summed E-state index contributed by atoms with van der Waals surface area (Å²) >= 11 is 5.93. The van der Waals surface area contributed by atoms with Gasteiger partial charge in [-0.15, -0.1) is 0 Å². The fourth-order valence-electron chi connectivity index (χ4n) is 2.44. The standard InChI is InChI=1S/C17H13ClN4O2/c1-10-2-7-13(23-10)8-19-17-16-15(20-9-21-17)14(22-24-16)11-3-5-12(18)6-4-11/h2-7,9H,8H2,1H3,(H,19,20,21). The van der Waals surface area contributed by atoms with Crippen LogP contribution in [-0.4, -0.2) is 15.1 Å². The maximum absolute atomic E-state index is 5.93. The molecule has 0 atom stereocenters. The number of hydrogen-bond donors (Lipinski definition) is 1. The van der Waals surface area contributed by atoms with E-state index in [-0.39, 0.29) is 0 Å². The molecule has 4 rings (SSSR count). The molecule has 3 aromatic heterocycles. The number of halogens is 1. The van der Waals surface area contributed by atoms with Crippen molar-refractivity contribution in [3.8, 4) is 11.3 Å². The second-order valence-corrected chi connectivity index (χ2v) is 5.74. The Hall–Kier alpha value is -2.86. The summed E-state index contributed by atoms with van der Waals surface area (Å²) in [6.45, 7) is 2.40. The molecule has 24 heavy (non-hydrogen) atoms. The van der Waals surface area contributed by atoms with E-state index in [1.54, 1.807) is 12.1 Å². The number of nitrogens with zero attached hydrogens (tertiary/aromatic N) is 3. The highest BCUT2D eigenvalue weighted by Crippen LogP contribution is 2.30. The van der Waals surface area contributed by atoms with E-state index in [1.807, 2.05) is 31.2 Å². The lowest BCUT2D eigenvalue weighted by Crippen LogP contribution is -2.01. The maximum atomic E-state index is 5.93. The van der Waals surface area contributed by atoms with Gasteiger partial charge < -0.3 is 14.3 Å². The molecule has 0 radical (unpaired) electrons. The molecule has 0 spiro atoms. The minimum Gasteiger partial charge on any atom is -0.465 e. The Morgan fingerprint density at radius 1 is 1.08 bits per heavy atom. The minimum atomic E-state index is 0.497. The summed E-state index contributed by atoms with van der Waals surface area (Å²) in [6.07, 6.45) is 1.48. The first-order chi connectivity index (χ1) is 11.7. The molecular weight excluding hydrogens is 328 g/mol. The maximum Gasteiger partial charge on any atom is 0.228 e. The summed E-state index contributed by atoms with van der Waals surface area (Å²) < 4.78 is 11.0. The van der Waals surface area contributed by atoms with E-state index in [4.69, 9.17) is 20.5 Å². The van der Waals surface area contributed by atoms with Gasteiger partial charge in [0.05, 0.1) is 6.54 Å². The molecule has 6 nitrogen and oxygen atoms in total. The van der Waals surface area contributed by atoms with Crippen molar-refractivity contribution in [2.45, 2.75) is 13.5 Å². The predicted molar refractivity (Wildman–Crippen MR) is 90.8 cm³/mol.